The summed E-state index contributed by atoms with van der Waals surface area (Å²) in [6.07, 6.45) is 4.25. The van der Waals surface area contributed by atoms with Gasteiger partial charge in [-0.05, 0) is 46.1 Å². The zero-order valence-electron chi connectivity index (χ0n) is 13.5. The minimum atomic E-state index is 0. The van der Waals surface area contributed by atoms with Crippen molar-refractivity contribution in [3.63, 3.8) is 0 Å². The zero-order chi connectivity index (χ0) is 14.3. The predicted octanol–water partition coefficient (Wildman–Crippen LogP) is 2.30. The van der Waals surface area contributed by atoms with Crippen molar-refractivity contribution in [1.82, 2.24) is 20.0 Å². The highest BCUT2D eigenvalue weighted by molar-refractivity contribution is 5.85. The fourth-order valence-corrected chi connectivity index (χ4v) is 3.70. The van der Waals surface area contributed by atoms with Crippen molar-refractivity contribution in [2.45, 2.75) is 51.6 Å². The first-order valence-corrected chi connectivity index (χ1v) is 7.63. The zero-order valence-corrected chi connectivity index (χ0v) is 15.1. The van der Waals surface area contributed by atoms with Crippen molar-refractivity contribution in [3.8, 4) is 0 Å². The normalized spacial score (nSPS) is 24.0. The van der Waals surface area contributed by atoms with E-state index in [0.717, 1.165) is 44.5 Å². The van der Waals surface area contributed by atoms with Crippen LogP contribution in [0.2, 0.25) is 0 Å². The first-order valence-electron chi connectivity index (χ1n) is 7.63. The maximum absolute atomic E-state index is 12.7. The Balaban J connectivity index is 0.00000121. The van der Waals surface area contributed by atoms with E-state index in [1.54, 1.807) is 0 Å². The average Bonchev–Trinajstić information content (AvgIpc) is 3.12. The van der Waals surface area contributed by atoms with Crippen LogP contribution >= 0.6 is 24.8 Å². The molecule has 2 fully saturated rings. The number of likely N-dealkylation sites (tertiary alicyclic amines) is 1. The van der Waals surface area contributed by atoms with Crippen LogP contribution in [0, 0.1) is 13.8 Å². The van der Waals surface area contributed by atoms with Gasteiger partial charge in [0, 0.05) is 24.8 Å². The van der Waals surface area contributed by atoms with Gasteiger partial charge in [-0.2, -0.15) is 5.10 Å². The van der Waals surface area contributed by atoms with E-state index < -0.39 is 0 Å². The van der Waals surface area contributed by atoms with E-state index in [2.05, 4.69) is 29.2 Å². The average molecular weight is 349 g/mol. The molecule has 3 heterocycles. The molecule has 1 aromatic rings. The second-order valence-electron chi connectivity index (χ2n) is 6.05. The Labute approximate surface area is 144 Å². The van der Waals surface area contributed by atoms with Gasteiger partial charge in [0.15, 0.2) is 0 Å². The third kappa shape index (κ3) is 3.26. The van der Waals surface area contributed by atoms with Gasteiger partial charge in [0.1, 0.15) is 0 Å². The third-order valence-electron chi connectivity index (χ3n) is 4.79. The quantitative estimate of drug-likeness (QED) is 0.891. The summed E-state index contributed by atoms with van der Waals surface area (Å²) in [5.74, 6) is 0.285. The molecule has 0 aromatic carbocycles. The van der Waals surface area contributed by atoms with Gasteiger partial charge in [-0.15, -0.1) is 24.8 Å². The Hall–Kier alpha value is -0.780. The first kappa shape index (κ1) is 19.3. The molecule has 126 valence electrons. The summed E-state index contributed by atoms with van der Waals surface area (Å²) < 4.78 is 1.93. The fraction of sp³-hybridized carbons (Fsp3) is 0.733. The lowest BCUT2D eigenvalue weighted by Crippen LogP contribution is -2.43. The summed E-state index contributed by atoms with van der Waals surface area (Å²) in [6.45, 7) is 6.01. The minimum Gasteiger partial charge on any atom is -0.334 e. The van der Waals surface area contributed by atoms with Crippen molar-refractivity contribution >= 4 is 30.7 Å². The van der Waals surface area contributed by atoms with Crippen LogP contribution in [0.1, 0.15) is 48.7 Å². The van der Waals surface area contributed by atoms with E-state index in [0.29, 0.717) is 0 Å². The van der Waals surface area contributed by atoms with Gasteiger partial charge in [0.05, 0.1) is 17.8 Å². The summed E-state index contributed by atoms with van der Waals surface area (Å²) >= 11 is 0. The van der Waals surface area contributed by atoms with Crippen LogP contribution in [0.25, 0.3) is 0 Å². The predicted molar refractivity (Wildman–Crippen MR) is 91.9 cm³/mol. The van der Waals surface area contributed by atoms with Crippen molar-refractivity contribution in [2.24, 2.45) is 7.05 Å². The summed E-state index contributed by atoms with van der Waals surface area (Å²) in [5, 5.41) is 7.84. The lowest BCUT2D eigenvalue weighted by Gasteiger charge is -2.28. The smallest absolute Gasteiger partial charge is 0.240 e. The van der Waals surface area contributed by atoms with E-state index in [1.165, 1.54) is 11.3 Å². The van der Waals surface area contributed by atoms with Gasteiger partial charge in [-0.25, -0.2) is 0 Å². The molecule has 1 amide bonds. The summed E-state index contributed by atoms with van der Waals surface area (Å²) in [5.41, 5.74) is 3.51. The molecule has 0 aliphatic carbocycles. The van der Waals surface area contributed by atoms with Crippen molar-refractivity contribution in [1.29, 1.82) is 0 Å². The summed E-state index contributed by atoms with van der Waals surface area (Å²) in [4.78, 5) is 14.8. The number of nitrogens with one attached hydrogen (secondary N) is 1. The van der Waals surface area contributed by atoms with E-state index in [9.17, 15) is 4.79 Å². The molecule has 2 unspecified atom stereocenters. The number of nitrogens with zero attached hydrogens (tertiary/aromatic N) is 3. The fourth-order valence-electron chi connectivity index (χ4n) is 3.70. The van der Waals surface area contributed by atoms with Gasteiger partial charge in [0.25, 0.3) is 0 Å². The maximum Gasteiger partial charge on any atom is 0.240 e. The van der Waals surface area contributed by atoms with E-state index in [4.69, 9.17) is 0 Å². The van der Waals surface area contributed by atoms with Crippen LogP contribution in [0.15, 0.2) is 0 Å². The number of rotatable bonds is 2. The Morgan fingerprint density at radius 3 is 2.50 bits per heavy atom. The highest BCUT2D eigenvalue weighted by Crippen LogP contribution is 2.36. The maximum atomic E-state index is 12.7. The van der Waals surface area contributed by atoms with E-state index in [-0.39, 0.29) is 42.8 Å². The molecule has 1 aromatic heterocycles. The van der Waals surface area contributed by atoms with Gasteiger partial charge < -0.3 is 10.2 Å². The summed E-state index contributed by atoms with van der Waals surface area (Å²) in [6, 6.07) is 0.256. The molecule has 22 heavy (non-hydrogen) atoms. The number of hydrogen-bond acceptors (Lipinski definition) is 3. The van der Waals surface area contributed by atoms with Crippen LogP contribution in [-0.4, -0.2) is 39.7 Å². The monoisotopic (exact) mass is 348 g/mol. The molecule has 0 spiro atoms. The summed E-state index contributed by atoms with van der Waals surface area (Å²) in [7, 11) is 1.98. The molecule has 7 heteroatoms. The number of aromatic nitrogens is 2. The highest BCUT2D eigenvalue weighted by atomic mass is 35.5. The first-order chi connectivity index (χ1) is 9.59. The second-order valence-corrected chi connectivity index (χ2v) is 6.05. The highest BCUT2D eigenvalue weighted by Gasteiger charge is 2.37. The van der Waals surface area contributed by atoms with Crippen molar-refractivity contribution in [3.05, 3.63) is 17.0 Å². The Bertz CT molecular complexity index is 526. The molecule has 2 aliphatic heterocycles. The van der Waals surface area contributed by atoms with E-state index in [1.807, 2.05) is 11.7 Å². The van der Waals surface area contributed by atoms with E-state index >= 15 is 0 Å². The number of amides is 1. The Morgan fingerprint density at radius 2 is 1.95 bits per heavy atom. The van der Waals surface area contributed by atoms with Gasteiger partial charge in [-0.3, -0.25) is 9.48 Å². The SMILES string of the molecule is Cc1nn(C)c(C)c1C1CCCN1C(=O)C1CCCN1.Cl.Cl. The van der Waals surface area contributed by atoms with Gasteiger partial charge >= 0.3 is 0 Å². The molecule has 0 saturated carbocycles. The Kier molecular flexibility index (Phi) is 6.71. The number of carbonyl (C=O) groups excluding carboxylic acids is 1. The lowest BCUT2D eigenvalue weighted by molar-refractivity contribution is -0.134. The Morgan fingerprint density at radius 1 is 1.23 bits per heavy atom. The largest absolute Gasteiger partial charge is 0.334 e. The van der Waals surface area contributed by atoms with Crippen molar-refractivity contribution in [2.75, 3.05) is 13.1 Å². The molecule has 5 nitrogen and oxygen atoms in total. The number of carbonyl (C=O) groups is 1. The standard InChI is InChI=1S/C15H24N4O.2ClH/c1-10-14(11(2)18(3)17-10)13-7-5-9-19(13)15(20)12-6-4-8-16-12;;/h12-13,16H,4-9H2,1-3H3;2*1H. The van der Waals surface area contributed by atoms with Crippen LogP contribution in [0.5, 0.6) is 0 Å². The van der Waals surface area contributed by atoms with Gasteiger partial charge in [-0.1, -0.05) is 0 Å². The molecule has 2 aliphatic rings. The van der Waals surface area contributed by atoms with Crippen molar-refractivity contribution < 1.29 is 4.79 Å². The second kappa shape index (κ2) is 7.66. The van der Waals surface area contributed by atoms with Crippen LogP contribution in [-0.2, 0) is 11.8 Å². The molecular weight excluding hydrogens is 323 g/mol. The van der Waals surface area contributed by atoms with Crippen LogP contribution in [0.3, 0.4) is 0 Å². The molecule has 3 rings (SSSR count). The molecule has 1 N–H and O–H groups in total. The lowest BCUT2D eigenvalue weighted by atomic mass is 10.0. The van der Waals surface area contributed by atoms with Crippen LogP contribution in [0.4, 0.5) is 0 Å². The van der Waals surface area contributed by atoms with Gasteiger partial charge in [0.2, 0.25) is 5.91 Å². The van der Waals surface area contributed by atoms with Crippen LogP contribution < -0.4 is 5.32 Å². The molecule has 0 bridgehead atoms. The number of hydrogen-bond donors (Lipinski definition) is 1. The molecule has 0 radical (unpaired) electrons. The number of aryl methyl sites for hydroxylation is 2. The minimum absolute atomic E-state index is 0. The topological polar surface area (TPSA) is 50.2 Å². The number of halogens is 2. The molecule has 2 saturated heterocycles. The third-order valence-corrected chi connectivity index (χ3v) is 4.79. The molecular formula is C15H26Cl2N4O. The molecule has 2 atom stereocenters.